The molecule has 10 heteroatoms. The zero-order chi connectivity index (χ0) is 13.1. The van der Waals surface area contributed by atoms with Gasteiger partial charge in [-0.3, -0.25) is 20.2 Å². The predicted octanol–water partition coefficient (Wildman–Crippen LogP) is 0.676. The molecule has 18 heavy (non-hydrogen) atoms. The van der Waals surface area contributed by atoms with Gasteiger partial charge in [-0.25, -0.2) is 0 Å². The summed E-state index contributed by atoms with van der Waals surface area (Å²) in [5.41, 5.74) is 4.81. The first-order valence-electron chi connectivity index (χ1n) is 4.59. The highest BCUT2D eigenvalue weighted by Gasteiger charge is 2.23. The standard InChI is InChI=1S/C8H6N6O3S/c9-5-3-1-2-4(6(5)14(16)17)7(15)10-8-11-12-13-18-8/h1-3H,9H2,(H,10,11,13,15). The second-order valence-electron chi connectivity index (χ2n) is 3.12. The van der Waals surface area contributed by atoms with E-state index in [1.807, 2.05) is 0 Å². The number of nitrogens with zero attached hydrogens (tertiary/aromatic N) is 4. The maximum Gasteiger partial charge on any atom is 0.304 e. The van der Waals surface area contributed by atoms with Crippen molar-refractivity contribution in [2.24, 2.45) is 0 Å². The van der Waals surface area contributed by atoms with Gasteiger partial charge in [0.2, 0.25) is 5.13 Å². The van der Waals surface area contributed by atoms with Gasteiger partial charge in [0.1, 0.15) is 11.3 Å². The van der Waals surface area contributed by atoms with Crippen LogP contribution in [0.3, 0.4) is 0 Å². The molecule has 0 bridgehead atoms. The molecule has 9 nitrogen and oxygen atoms in total. The van der Waals surface area contributed by atoms with E-state index in [9.17, 15) is 14.9 Å². The van der Waals surface area contributed by atoms with Crippen LogP contribution in [-0.4, -0.2) is 25.6 Å². The van der Waals surface area contributed by atoms with E-state index in [2.05, 4.69) is 20.1 Å². The van der Waals surface area contributed by atoms with Crippen molar-refractivity contribution in [1.82, 2.24) is 14.8 Å². The van der Waals surface area contributed by atoms with E-state index in [-0.39, 0.29) is 16.4 Å². The third-order valence-electron chi connectivity index (χ3n) is 2.01. The summed E-state index contributed by atoms with van der Waals surface area (Å²) in [7, 11) is 0. The lowest BCUT2D eigenvalue weighted by Crippen LogP contribution is -2.14. The second-order valence-corrected chi connectivity index (χ2v) is 3.85. The van der Waals surface area contributed by atoms with Crippen LogP contribution in [0.15, 0.2) is 18.2 Å². The van der Waals surface area contributed by atoms with Gasteiger partial charge in [-0.1, -0.05) is 15.7 Å². The Hall–Kier alpha value is -2.62. The molecule has 1 aromatic heterocycles. The Balaban J connectivity index is 2.36. The van der Waals surface area contributed by atoms with E-state index < -0.39 is 16.5 Å². The molecule has 3 N–H and O–H groups in total. The minimum absolute atomic E-state index is 0.0805. The lowest BCUT2D eigenvalue weighted by Gasteiger charge is -2.03. The maximum atomic E-state index is 11.8. The zero-order valence-corrected chi connectivity index (χ0v) is 9.55. The van der Waals surface area contributed by atoms with E-state index in [1.165, 1.54) is 18.2 Å². The molecule has 0 saturated heterocycles. The van der Waals surface area contributed by atoms with Gasteiger partial charge in [0.05, 0.1) is 4.92 Å². The molecule has 0 aliphatic carbocycles. The lowest BCUT2D eigenvalue weighted by molar-refractivity contribution is -0.384. The molecule has 0 radical (unpaired) electrons. The van der Waals surface area contributed by atoms with Crippen molar-refractivity contribution in [2.45, 2.75) is 0 Å². The fourth-order valence-corrected chi connectivity index (χ4v) is 1.66. The summed E-state index contributed by atoms with van der Waals surface area (Å²) in [5.74, 6) is -0.687. The van der Waals surface area contributed by atoms with Crippen LogP contribution in [-0.2, 0) is 0 Å². The van der Waals surface area contributed by atoms with Crippen molar-refractivity contribution in [3.8, 4) is 0 Å². The highest BCUT2D eigenvalue weighted by atomic mass is 32.1. The number of aromatic nitrogens is 3. The number of carbonyl (C=O) groups excluding carboxylic acids is 1. The molecule has 0 fully saturated rings. The molecule has 1 heterocycles. The smallest absolute Gasteiger partial charge is 0.304 e. The van der Waals surface area contributed by atoms with Gasteiger partial charge in [0.15, 0.2) is 0 Å². The van der Waals surface area contributed by atoms with Gasteiger partial charge >= 0.3 is 5.69 Å². The zero-order valence-electron chi connectivity index (χ0n) is 8.73. The van der Waals surface area contributed by atoms with E-state index >= 15 is 0 Å². The summed E-state index contributed by atoms with van der Waals surface area (Å²) in [5, 5.41) is 20.1. The number of nitro groups is 1. The van der Waals surface area contributed by atoms with Crippen LogP contribution in [0.25, 0.3) is 0 Å². The van der Waals surface area contributed by atoms with Crippen molar-refractivity contribution in [3.05, 3.63) is 33.9 Å². The van der Waals surface area contributed by atoms with Crippen LogP contribution in [0.4, 0.5) is 16.5 Å². The Bertz CT molecular complexity index is 599. The molecule has 0 aliphatic heterocycles. The minimum atomic E-state index is -0.706. The number of nitro benzene ring substituents is 1. The van der Waals surface area contributed by atoms with Crippen LogP contribution in [0.1, 0.15) is 10.4 Å². The molecular weight excluding hydrogens is 260 g/mol. The topological polar surface area (TPSA) is 137 Å². The van der Waals surface area contributed by atoms with Crippen LogP contribution in [0.2, 0.25) is 0 Å². The van der Waals surface area contributed by atoms with Crippen molar-refractivity contribution in [2.75, 3.05) is 11.1 Å². The molecule has 0 saturated carbocycles. The number of rotatable bonds is 3. The molecule has 1 aromatic carbocycles. The second kappa shape index (κ2) is 4.71. The SMILES string of the molecule is Nc1cccc(C(=O)Nc2nnns2)c1[N+](=O)[O-]. The Morgan fingerprint density at radius 2 is 2.28 bits per heavy atom. The molecule has 0 aliphatic rings. The summed E-state index contributed by atoms with van der Waals surface area (Å²) in [6, 6.07) is 4.11. The molecule has 2 rings (SSSR count). The lowest BCUT2D eigenvalue weighted by atomic mass is 10.1. The Labute approximate surface area is 104 Å². The molecule has 1 amide bonds. The summed E-state index contributed by atoms with van der Waals surface area (Å²) in [4.78, 5) is 22.0. The third kappa shape index (κ3) is 2.22. The number of para-hydroxylation sites is 1. The number of nitrogens with one attached hydrogen (secondary N) is 1. The van der Waals surface area contributed by atoms with E-state index in [0.29, 0.717) is 0 Å². The number of benzene rings is 1. The van der Waals surface area contributed by atoms with Gasteiger partial charge in [-0.05, 0) is 17.3 Å². The number of anilines is 2. The summed E-state index contributed by atoms with van der Waals surface area (Å²) >= 11 is 0.859. The molecular formula is C8H6N6O3S. The third-order valence-corrected chi connectivity index (χ3v) is 2.53. The number of hydrogen-bond donors (Lipinski definition) is 2. The van der Waals surface area contributed by atoms with Crippen LogP contribution >= 0.6 is 11.5 Å². The number of nitrogen functional groups attached to an aromatic ring is 1. The Morgan fingerprint density at radius 1 is 1.50 bits per heavy atom. The van der Waals surface area contributed by atoms with Gasteiger partial charge < -0.3 is 5.73 Å². The van der Waals surface area contributed by atoms with Crippen molar-refractivity contribution >= 4 is 33.9 Å². The fourth-order valence-electron chi connectivity index (χ4n) is 1.29. The summed E-state index contributed by atoms with van der Waals surface area (Å²) < 4.78 is 3.45. The van der Waals surface area contributed by atoms with Gasteiger partial charge in [-0.15, -0.1) is 0 Å². The van der Waals surface area contributed by atoms with Crippen molar-refractivity contribution in [1.29, 1.82) is 0 Å². The first-order chi connectivity index (χ1) is 8.59. The first kappa shape index (κ1) is 11.9. The van der Waals surface area contributed by atoms with Crippen molar-refractivity contribution < 1.29 is 9.72 Å². The number of nitrogens with two attached hydrogens (primary N) is 1. The number of amides is 1. The molecule has 2 aromatic rings. The van der Waals surface area contributed by atoms with E-state index in [1.54, 1.807) is 0 Å². The van der Waals surface area contributed by atoms with E-state index in [0.717, 1.165) is 11.5 Å². The maximum absolute atomic E-state index is 11.8. The van der Waals surface area contributed by atoms with Gasteiger partial charge in [-0.2, -0.15) is 0 Å². The Morgan fingerprint density at radius 3 is 2.89 bits per heavy atom. The van der Waals surface area contributed by atoms with Crippen molar-refractivity contribution in [3.63, 3.8) is 0 Å². The fraction of sp³-hybridized carbons (Fsp3) is 0. The summed E-state index contributed by atoms with van der Waals surface area (Å²) in [6.45, 7) is 0. The quantitative estimate of drug-likeness (QED) is 0.473. The number of carbonyl (C=O) groups is 1. The average molecular weight is 266 g/mol. The predicted molar refractivity (Wildman–Crippen MR) is 63.2 cm³/mol. The van der Waals surface area contributed by atoms with Crippen LogP contribution in [0, 0.1) is 10.1 Å². The number of hydrogen-bond acceptors (Lipinski definition) is 8. The van der Waals surface area contributed by atoms with Crippen LogP contribution < -0.4 is 11.1 Å². The van der Waals surface area contributed by atoms with Gasteiger partial charge in [0, 0.05) is 11.5 Å². The largest absolute Gasteiger partial charge is 0.393 e. The molecule has 0 atom stereocenters. The monoisotopic (exact) mass is 266 g/mol. The minimum Gasteiger partial charge on any atom is -0.393 e. The first-order valence-corrected chi connectivity index (χ1v) is 5.36. The molecule has 0 spiro atoms. The van der Waals surface area contributed by atoms with Gasteiger partial charge in [0.25, 0.3) is 5.91 Å². The highest BCUT2D eigenvalue weighted by molar-refractivity contribution is 7.09. The Kier molecular flexibility index (Phi) is 3.10. The highest BCUT2D eigenvalue weighted by Crippen LogP contribution is 2.26. The normalized spacial score (nSPS) is 10.0. The summed E-state index contributed by atoms with van der Waals surface area (Å²) in [6.07, 6.45) is 0. The average Bonchev–Trinajstić information content (AvgIpc) is 2.80. The van der Waals surface area contributed by atoms with Crippen LogP contribution in [0.5, 0.6) is 0 Å². The van der Waals surface area contributed by atoms with E-state index in [4.69, 9.17) is 5.73 Å². The molecule has 0 unspecified atom stereocenters. The molecule has 92 valence electrons.